The third-order valence-electron chi connectivity index (χ3n) is 2.80. The number of aldehydes is 1. The summed E-state index contributed by atoms with van der Waals surface area (Å²) in [7, 11) is 0. The van der Waals surface area contributed by atoms with Gasteiger partial charge in [0.1, 0.15) is 0 Å². The lowest BCUT2D eigenvalue weighted by atomic mass is 10.2. The first-order valence-corrected chi connectivity index (χ1v) is 5.09. The van der Waals surface area contributed by atoms with Crippen LogP contribution >= 0.6 is 0 Å². The maximum atomic E-state index is 13.6. The fourth-order valence-electron chi connectivity index (χ4n) is 1.97. The molecule has 0 aromatic carbocycles. The molecule has 4 heteroatoms. The first-order valence-electron chi connectivity index (χ1n) is 5.09. The lowest BCUT2D eigenvalue weighted by molar-refractivity contribution is 0.112. The Hall–Kier alpha value is -1.45. The van der Waals surface area contributed by atoms with Crippen LogP contribution in [0.3, 0.4) is 0 Å². The second-order valence-electron chi connectivity index (χ2n) is 3.88. The van der Waals surface area contributed by atoms with E-state index in [-0.39, 0.29) is 5.56 Å². The molecule has 3 nitrogen and oxygen atoms in total. The van der Waals surface area contributed by atoms with Gasteiger partial charge in [-0.25, -0.2) is 9.37 Å². The summed E-state index contributed by atoms with van der Waals surface area (Å²) < 4.78 is 13.6. The predicted octanol–water partition coefficient (Wildman–Crippen LogP) is 2.02. The topological polar surface area (TPSA) is 33.2 Å². The average Bonchev–Trinajstić information content (AvgIpc) is 2.64. The molecule has 0 radical (unpaired) electrons. The molecule has 0 amide bonds. The summed E-state index contributed by atoms with van der Waals surface area (Å²) >= 11 is 0. The van der Waals surface area contributed by atoms with Crippen molar-refractivity contribution in [2.45, 2.75) is 25.8 Å². The largest absolute Gasteiger partial charge is 0.351 e. The maximum absolute atomic E-state index is 13.6. The van der Waals surface area contributed by atoms with Crippen molar-refractivity contribution in [3.8, 4) is 0 Å². The van der Waals surface area contributed by atoms with E-state index in [9.17, 15) is 9.18 Å². The smallest absolute Gasteiger partial charge is 0.166 e. The molecule has 0 bridgehead atoms. The van der Waals surface area contributed by atoms with Crippen molar-refractivity contribution in [2.24, 2.45) is 0 Å². The Morgan fingerprint density at radius 3 is 3.00 bits per heavy atom. The van der Waals surface area contributed by atoms with E-state index < -0.39 is 5.82 Å². The van der Waals surface area contributed by atoms with E-state index >= 15 is 0 Å². The zero-order valence-corrected chi connectivity index (χ0v) is 8.61. The highest BCUT2D eigenvalue weighted by atomic mass is 19.1. The van der Waals surface area contributed by atoms with Crippen molar-refractivity contribution < 1.29 is 9.18 Å². The fraction of sp³-hybridized carbons (Fsp3) is 0.455. The number of pyridine rings is 1. The Morgan fingerprint density at radius 2 is 2.47 bits per heavy atom. The minimum absolute atomic E-state index is 0.281. The lowest BCUT2D eigenvalue weighted by Crippen LogP contribution is -2.28. The molecular weight excluding hydrogens is 195 g/mol. The molecule has 1 aliphatic rings. The van der Waals surface area contributed by atoms with Crippen LogP contribution in [0.25, 0.3) is 0 Å². The van der Waals surface area contributed by atoms with Gasteiger partial charge in [-0.05, 0) is 25.8 Å². The van der Waals surface area contributed by atoms with Gasteiger partial charge < -0.3 is 4.90 Å². The van der Waals surface area contributed by atoms with Crippen molar-refractivity contribution in [3.05, 3.63) is 23.6 Å². The first-order chi connectivity index (χ1) is 7.22. The molecule has 2 rings (SSSR count). The number of carbonyl (C=O) groups excluding carboxylic acids is 1. The molecule has 0 aliphatic carbocycles. The Kier molecular flexibility index (Phi) is 2.66. The summed E-state index contributed by atoms with van der Waals surface area (Å²) in [5.74, 6) is -0.0426. The van der Waals surface area contributed by atoms with Gasteiger partial charge in [-0.2, -0.15) is 0 Å². The predicted molar refractivity (Wildman–Crippen MR) is 55.6 cm³/mol. The van der Waals surface area contributed by atoms with E-state index in [4.69, 9.17) is 0 Å². The van der Waals surface area contributed by atoms with Gasteiger partial charge in [-0.3, -0.25) is 4.79 Å². The van der Waals surface area contributed by atoms with Crippen LogP contribution in [0.15, 0.2) is 12.3 Å². The zero-order valence-electron chi connectivity index (χ0n) is 8.61. The monoisotopic (exact) mass is 208 g/mol. The highest BCUT2D eigenvalue weighted by Gasteiger charge is 2.24. The molecule has 15 heavy (non-hydrogen) atoms. The van der Waals surface area contributed by atoms with E-state index in [2.05, 4.69) is 11.9 Å². The van der Waals surface area contributed by atoms with Gasteiger partial charge in [0.05, 0.1) is 0 Å². The maximum Gasteiger partial charge on any atom is 0.166 e. The summed E-state index contributed by atoms with van der Waals surface area (Å²) in [6.07, 6.45) is 4.15. The van der Waals surface area contributed by atoms with Gasteiger partial charge in [0.15, 0.2) is 17.9 Å². The number of carbonyl (C=O) groups is 1. The zero-order chi connectivity index (χ0) is 10.8. The Balaban J connectivity index is 2.32. The minimum Gasteiger partial charge on any atom is -0.351 e. The number of anilines is 1. The van der Waals surface area contributed by atoms with Crippen LogP contribution in [0.5, 0.6) is 0 Å². The molecule has 0 saturated carbocycles. The van der Waals surface area contributed by atoms with Gasteiger partial charge in [-0.15, -0.1) is 0 Å². The molecule has 1 saturated heterocycles. The highest BCUT2D eigenvalue weighted by molar-refractivity contribution is 5.74. The molecule has 0 spiro atoms. The molecule has 1 aromatic rings. The van der Waals surface area contributed by atoms with Crippen molar-refractivity contribution in [2.75, 3.05) is 11.4 Å². The van der Waals surface area contributed by atoms with Gasteiger partial charge in [0.2, 0.25) is 0 Å². The molecule has 0 N–H and O–H groups in total. The van der Waals surface area contributed by atoms with Crippen LogP contribution in [0.4, 0.5) is 10.2 Å². The van der Waals surface area contributed by atoms with E-state index in [0.717, 1.165) is 19.4 Å². The van der Waals surface area contributed by atoms with Crippen LogP contribution in [0.1, 0.15) is 30.1 Å². The second kappa shape index (κ2) is 3.96. The third-order valence-corrected chi connectivity index (χ3v) is 2.80. The average molecular weight is 208 g/mol. The van der Waals surface area contributed by atoms with Gasteiger partial charge in [-0.1, -0.05) is 0 Å². The minimum atomic E-state index is -0.409. The molecule has 2 heterocycles. The number of rotatable bonds is 2. The van der Waals surface area contributed by atoms with Gasteiger partial charge in [0.25, 0.3) is 0 Å². The Morgan fingerprint density at radius 1 is 1.67 bits per heavy atom. The molecule has 1 fully saturated rings. The van der Waals surface area contributed by atoms with E-state index in [1.54, 1.807) is 0 Å². The normalized spacial score (nSPS) is 20.7. The summed E-state index contributed by atoms with van der Waals surface area (Å²) in [6.45, 7) is 2.90. The summed E-state index contributed by atoms with van der Waals surface area (Å²) in [5, 5.41) is 0. The number of nitrogens with zero attached hydrogens (tertiary/aromatic N) is 2. The Labute approximate surface area is 87.9 Å². The quantitative estimate of drug-likeness (QED) is 0.697. The van der Waals surface area contributed by atoms with E-state index in [1.165, 1.54) is 12.3 Å². The number of aromatic nitrogens is 1. The molecule has 0 unspecified atom stereocenters. The van der Waals surface area contributed by atoms with Crippen molar-refractivity contribution >= 4 is 12.1 Å². The molecule has 1 aromatic heterocycles. The van der Waals surface area contributed by atoms with Crippen molar-refractivity contribution in [1.29, 1.82) is 0 Å². The fourth-order valence-corrected chi connectivity index (χ4v) is 1.97. The van der Waals surface area contributed by atoms with Crippen molar-refractivity contribution in [1.82, 2.24) is 4.98 Å². The summed E-state index contributed by atoms with van der Waals surface area (Å²) in [6, 6.07) is 1.56. The van der Waals surface area contributed by atoms with E-state index in [0.29, 0.717) is 18.1 Å². The number of halogens is 1. The van der Waals surface area contributed by atoms with Crippen molar-refractivity contribution in [3.63, 3.8) is 0 Å². The highest BCUT2D eigenvalue weighted by Crippen LogP contribution is 2.25. The second-order valence-corrected chi connectivity index (χ2v) is 3.88. The molecule has 80 valence electrons. The summed E-state index contributed by atoms with van der Waals surface area (Å²) in [5.41, 5.74) is 0.281. The SMILES string of the molecule is C[C@H]1CCCN1c1ncc(C=O)cc1F. The molecule has 1 aliphatic heterocycles. The number of hydrogen-bond donors (Lipinski definition) is 0. The molecule has 1 atom stereocenters. The Bertz CT molecular complexity index is 381. The lowest BCUT2D eigenvalue weighted by Gasteiger charge is -2.22. The van der Waals surface area contributed by atoms with Crippen LogP contribution < -0.4 is 4.90 Å². The third kappa shape index (κ3) is 1.84. The first kappa shape index (κ1) is 10.1. The van der Waals surface area contributed by atoms with Crippen LogP contribution in [0.2, 0.25) is 0 Å². The van der Waals surface area contributed by atoms with Gasteiger partial charge >= 0.3 is 0 Å². The number of hydrogen-bond acceptors (Lipinski definition) is 3. The van der Waals surface area contributed by atoms with Crippen LogP contribution in [-0.4, -0.2) is 23.9 Å². The standard InChI is InChI=1S/C11H13FN2O/c1-8-3-2-4-14(8)11-10(12)5-9(7-15)6-13-11/h5-8H,2-4H2,1H3/t8-/m0/s1. The van der Waals surface area contributed by atoms with Crippen LogP contribution in [0, 0.1) is 5.82 Å². The molecular formula is C11H13FN2O. The van der Waals surface area contributed by atoms with E-state index in [1.807, 2.05) is 4.90 Å². The summed E-state index contributed by atoms with van der Waals surface area (Å²) in [4.78, 5) is 16.4. The van der Waals surface area contributed by atoms with Crippen LogP contribution in [-0.2, 0) is 0 Å². The van der Waals surface area contributed by atoms with Gasteiger partial charge in [0, 0.05) is 24.3 Å².